The molecule has 1 fully saturated rings. The molecule has 1 aromatic heterocycles. The highest BCUT2D eigenvalue weighted by Gasteiger charge is 2.31. The Bertz CT molecular complexity index is 889. The SMILES string of the molecule is CC(C)CC(=O)Nc1cccc(CNC(=O)c2cc(C3CC3)nn2C(C)(C)C)c1. The van der Waals surface area contributed by atoms with E-state index < -0.39 is 0 Å². The predicted octanol–water partition coefficient (Wildman–Crippen LogP) is 4.43. The first-order valence-electron chi connectivity index (χ1n) is 10.4. The van der Waals surface area contributed by atoms with Gasteiger partial charge in [-0.25, -0.2) is 0 Å². The number of carbonyl (C=O) groups excluding carboxylic acids is 2. The van der Waals surface area contributed by atoms with Gasteiger partial charge in [0.25, 0.3) is 5.91 Å². The molecule has 0 aliphatic heterocycles. The molecule has 0 saturated heterocycles. The van der Waals surface area contributed by atoms with Gasteiger partial charge in [-0.3, -0.25) is 14.3 Å². The summed E-state index contributed by atoms with van der Waals surface area (Å²) in [5.74, 6) is 0.679. The second-order valence-corrected chi connectivity index (χ2v) is 9.34. The number of benzene rings is 1. The van der Waals surface area contributed by atoms with Gasteiger partial charge in [-0.1, -0.05) is 26.0 Å². The molecule has 0 atom stereocenters. The summed E-state index contributed by atoms with van der Waals surface area (Å²) < 4.78 is 1.83. The van der Waals surface area contributed by atoms with E-state index in [1.165, 1.54) is 0 Å². The van der Waals surface area contributed by atoms with Crippen molar-refractivity contribution in [3.8, 4) is 0 Å². The van der Waals surface area contributed by atoms with E-state index in [-0.39, 0.29) is 17.4 Å². The molecule has 29 heavy (non-hydrogen) atoms. The van der Waals surface area contributed by atoms with Crippen LogP contribution >= 0.6 is 0 Å². The van der Waals surface area contributed by atoms with Gasteiger partial charge in [0, 0.05) is 24.6 Å². The lowest BCUT2D eigenvalue weighted by Gasteiger charge is -2.22. The van der Waals surface area contributed by atoms with Crippen molar-refractivity contribution >= 4 is 17.5 Å². The number of carbonyl (C=O) groups is 2. The Hall–Kier alpha value is -2.63. The number of aromatic nitrogens is 2. The lowest BCUT2D eigenvalue weighted by molar-refractivity contribution is -0.116. The van der Waals surface area contributed by atoms with Gasteiger partial charge < -0.3 is 10.6 Å². The van der Waals surface area contributed by atoms with Crippen molar-refractivity contribution < 1.29 is 9.59 Å². The highest BCUT2D eigenvalue weighted by atomic mass is 16.2. The summed E-state index contributed by atoms with van der Waals surface area (Å²) >= 11 is 0. The third-order valence-corrected chi connectivity index (χ3v) is 4.85. The van der Waals surface area contributed by atoms with Crippen LogP contribution in [0.25, 0.3) is 0 Å². The lowest BCUT2D eigenvalue weighted by atomic mass is 10.1. The minimum Gasteiger partial charge on any atom is -0.347 e. The fraction of sp³-hybridized carbons (Fsp3) is 0.522. The first-order valence-corrected chi connectivity index (χ1v) is 10.4. The Kier molecular flexibility index (Phi) is 6.10. The van der Waals surface area contributed by atoms with Crippen LogP contribution in [0.15, 0.2) is 30.3 Å². The fourth-order valence-electron chi connectivity index (χ4n) is 3.27. The van der Waals surface area contributed by atoms with E-state index in [1.807, 2.05) is 48.9 Å². The van der Waals surface area contributed by atoms with Crippen molar-refractivity contribution in [3.05, 3.63) is 47.3 Å². The van der Waals surface area contributed by atoms with E-state index in [0.717, 1.165) is 29.8 Å². The van der Waals surface area contributed by atoms with Crippen molar-refractivity contribution in [1.29, 1.82) is 0 Å². The minimum atomic E-state index is -0.263. The van der Waals surface area contributed by atoms with Crippen LogP contribution in [0.3, 0.4) is 0 Å². The van der Waals surface area contributed by atoms with Crippen LogP contribution in [-0.2, 0) is 16.9 Å². The zero-order valence-electron chi connectivity index (χ0n) is 18.1. The van der Waals surface area contributed by atoms with E-state index in [9.17, 15) is 9.59 Å². The quantitative estimate of drug-likeness (QED) is 0.727. The molecule has 0 radical (unpaired) electrons. The molecule has 156 valence electrons. The molecule has 6 heteroatoms. The van der Waals surface area contributed by atoms with Crippen molar-refractivity contribution in [1.82, 2.24) is 15.1 Å². The molecule has 1 aromatic carbocycles. The molecular weight excluding hydrogens is 364 g/mol. The van der Waals surface area contributed by atoms with E-state index in [2.05, 4.69) is 31.4 Å². The van der Waals surface area contributed by atoms with Gasteiger partial charge in [0.05, 0.1) is 11.2 Å². The van der Waals surface area contributed by atoms with Crippen molar-refractivity contribution in [3.63, 3.8) is 0 Å². The summed E-state index contributed by atoms with van der Waals surface area (Å²) in [6.07, 6.45) is 2.79. The molecule has 1 aliphatic rings. The minimum absolute atomic E-state index is 0.00266. The second kappa shape index (κ2) is 8.39. The summed E-state index contributed by atoms with van der Waals surface area (Å²) in [5, 5.41) is 10.6. The maximum absolute atomic E-state index is 12.9. The maximum atomic E-state index is 12.9. The Balaban J connectivity index is 1.67. The van der Waals surface area contributed by atoms with Gasteiger partial charge in [-0.15, -0.1) is 0 Å². The largest absolute Gasteiger partial charge is 0.347 e. The molecule has 2 amide bonds. The monoisotopic (exact) mass is 396 g/mol. The summed E-state index contributed by atoms with van der Waals surface area (Å²) in [6.45, 7) is 10.6. The third-order valence-electron chi connectivity index (χ3n) is 4.85. The van der Waals surface area contributed by atoms with Gasteiger partial charge in [-0.2, -0.15) is 5.10 Å². The molecule has 1 heterocycles. The number of hydrogen-bond donors (Lipinski definition) is 2. The third kappa shape index (κ3) is 5.68. The molecule has 2 aromatic rings. The predicted molar refractivity (Wildman–Crippen MR) is 115 cm³/mol. The number of hydrogen-bond acceptors (Lipinski definition) is 3. The summed E-state index contributed by atoms with van der Waals surface area (Å²) in [7, 11) is 0. The molecule has 6 nitrogen and oxygen atoms in total. The second-order valence-electron chi connectivity index (χ2n) is 9.34. The zero-order chi connectivity index (χ0) is 21.2. The normalized spacial score (nSPS) is 14.1. The molecule has 0 spiro atoms. The maximum Gasteiger partial charge on any atom is 0.269 e. The lowest BCUT2D eigenvalue weighted by Crippen LogP contribution is -2.32. The smallest absolute Gasteiger partial charge is 0.269 e. The van der Waals surface area contributed by atoms with E-state index >= 15 is 0 Å². The standard InChI is InChI=1S/C23H32N4O2/c1-15(2)11-21(28)25-18-8-6-7-16(12-18)14-24-22(29)20-13-19(17-9-10-17)26-27(20)23(3,4)5/h6-8,12-13,15,17H,9-11,14H2,1-5H3,(H,24,29)(H,25,28). The number of rotatable bonds is 7. The van der Waals surface area contributed by atoms with Crippen LogP contribution in [0, 0.1) is 5.92 Å². The van der Waals surface area contributed by atoms with Crippen molar-refractivity contribution in [2.75, 3.05) is 5.32 Å². The van der Waals surface area contributed by atoms with Gasteiger partial charge in [0.2, 0.25) is 5.91 Å². The fourth-order valence-corrected chi connectivity index (χ4v) is 3.27. The van der Waals surface area contributed by atoms with E-state index in [0.29, 0.717) is 30.5 Å². The Labute approximate surface area is 173 Å². The zero-order valence-corrected chi connectivity index (χ0v) is 18.1. The molecule has 1 saturated carbocycles. The first-order chi connectivity index (χ1) is 13.6. The van der Waals surface area contributed by atoms with Crippen LogP contribution in [-0.4, -0.2) is 21.6 Å². The van der Waals surface area contributed by atoms with Crippen LogP contribution in [0.1, 0.15) is 81.5 Å². The van der Waals surface area contributed by atoms with Crippen LogP contribution in [0.5, 0.6) is 0 Å². The molecular formula is C23H32N4O2. The number of amides is 2. The van der Waals surface area contributed by atoms with Crippen LogP contribution in [0.2, 0.25) is 0 Å². The van der Waals surface area contributed by atoms with Crippen molar-refractivity contribution in [2.24, 2.45) is 5.92 Å². The average molecular weight is 397 g/mol. The number of nitrogens with zero attached hydrogens (tertiary/aromatic N) is 2. The summed E-state index contributed by atoms with van der Waals surface area (Å²) in [6, 6.07) is 9.52. The van der Waals surface area contributed by atoms with Crippen molar-refractivity contribution in [2.45, 2.75) is 71.9 Å². The molecule has 3 rings (SSSR count). The Morgan fingerprint density at radius 1 is 1.21 bits per heavy atom. The van der Waals surface area contributed by atoms with E-state index in [1.54, 1.807) is 0 Å². The Morgan fingerprint density at radius 3 is 2.55 bits per heavy atom. The van der Waals surface area contributed by atoms with E-state index in [4.69, 9.17) is 5.10 Å². The summed E-state index contributed by atoms with van der Waals surface area (Å²) in [4.78, 5) is 24.9. The van der Waals surface area contributed by atoms with Gasteiger partial charge in [-0.05, 0) is 63.3 Å². The van der Waals surface area contributed by atoms with Gasteiger partial charge >= 0.3 is 0 Å². The number of nitrogens with one attached hydrogen (secondary N) is 2. The van der Waals surface area contributed by atoms with Crippen LogP contribution < -0.4 is 10.6 Å². The highest BCUT2D eigenvalue weighted by Crippen LogP contribution is 2.40. The van der Waals surface area contributed by atoms with Gasteiger partial charge in [0.15, 0.2) is 0 Å². The summed E-state index contributed by atoms with van der Waals surface area (Å²) in [5.41, 5.74) is 3.03. The van der Waals surface area contributed by atoms with Gasteiger partial charge in [0.1, 0.15) is 5.69 Å². The number of anilines is 1. The first kappa shape index (κ1) is 21.1. The molecule has 0 unspecified atom stereocenters. The molecule has 1 aliphatic carbocycles. The van der Waals surface area contributed by atoms with Crippen LogP contribution in [0.4, 0.5) is 5.69 Å². The topological polar surface area (TPSA) is 76.0 Å². The molecule has 0 bridgehead atoms. The highest BCUT2D eigenvalue weighted by molar-refractivity contribution is 5.93. The Morgan fingerprint density at radius 2 is 1.93 bits per heavy atom. The average Bonchev–Trinajstić information content (AvgIpc) is 3.36. The molecule has 2 N–H and O–H groups in total.